The lowest BCUT2D eigenvalue weighted by molar-refractivity contribution is -0.122. The third-order valence-electron chi connectivity index (χ3n) is 5.18. The largest absolute Gasteiger partial charge is 0.273 e. The lowest BCUT2D eigenvalue weighted by Crippen LogP contribution is -2.42. The predicted octanol–water partition coefficient (Wildman–Crippen LogP) is 1.44. The summed E-state index contributed by atoms with van der Waals surface area (Å²) in [6, 6.07) is 8.10. The van der Waals surface area contributed by atoms with E-state index in [1.807, 2.05) is 38.1 Å². The highest BCUT2D eigenvalue weighted by molar-refractivity contribution is 7.91. The van der Waals surface area contributed by atoms with Gasteiger partial charge < -0.3 is 0 Å². The summed E-state index contributed by atoms with van der Waals surface area (Å²) in [5.74, 6) is -0.892. The summed E-state index contributed by atoms with van der Waals surface area (Å²) in [6.45, 7) is 6.13. The molecule has 9 heteroatoms. The maximum Gasteiger partial charge on any atom is 0.273 e. The molecule has 2 heterocycles. The minimum atomic E-state index is -3.03. The maximum absolute atomic E-state index is 12.6. The van der Waals surface area contributed by atoms with E-state index in [2.05, 4.69) is 16.0 Å². The number of amides is 2. The molecule has 1 aliphatic heterocycles. The summed E-state index contributed by atoms with van der Waals surface area (Å²) in [4.78, 5) is 24.6. The number of rotatable bonds is 5. The second kappa shape index (κ2) is 8.36. The fourth-order valence-electron chi connectivity index (χ4n) is 3.58. The highest BCUT2D eigenvalue weighted by atomic mass is 32.2. The van der Waals surface area contributed by atoms with Gasteiger partial charge in [-0.2, -0.15) is 5.10 Å². The van der Waals surface area contributed by atoms with Crippen molar-refractivity contribution in [2.45, 2.75) is 40.2 Å². The number of nitrogens with one attached hydrogen (secondary N) is 2. The van der Waals surface area contributed by atoms with E-state index >= 15 is 0 Å². The lowest BCUT2D eigenvalue weighted by Gasteiger charge is -2.10. The first-order valence-corrected chi connectivity index (χ1v) is 11.4. The zero-order valence-corrected chi connectivity index (χ0v) is 17.7. The Kier molecular flexibility index (Phi) is 6.07. The predicted molar refractivity (Wildman–Crippen MR) is 109 cm³/mol. The normalized spacial score (nSPS) is 17.8. The van der Waals surface area contributed by atoms with Crippen LogP contribution in [0.25, 0.3) is 0 Å². The van der Waals surface area contributed by atoms with E-state index in [0.29, 0.717) is 29.9 Å². The van der Waals surface area contributed by atoms with Crippen molar-refractivity contribution in [1.82, 2.24) is 20.6 Å². The summed E-state index contributed by atoms with van der Waals surface area (Å²) in [6.07, 6.45) is 0.553. The zero-order chi connectivity index (χ0) is 21.2. The Labute approximate surface area is 170 Å². The molecule has 0 bridgehead atoms. The van der Waals surface area contributed by atoms with Gasteiger partial charge in [-0.25, -0.2) is 8.42 Å². The number of sulfone groups is 1. The number of aryl methyl sites for hydroxylation is 2. The van der Waals surface area contributed by atoms with Crippen LogP contribution in [0.3, 0.4) is 0 Å². The van der Waals surface area contributed by atoms with E-state index in [4.69, 9.17) is 0 Å². The number of aromatic nitrogens is 2. The highest BCUT2D eigenvalue weighted by Gasteiger charge is 2.29. The Hall–Kier alpha value is -2.68. The Balaban J connectivity index is 1.60. The maximum atomic E-state index is 12.6. The van der Waals surface area contributed by atoms with Crippen molar-refractivity contribution in [1.29, 1.82) is 0 Å². The SMILES string of the molecule is Cc1ccc(Cn2nc(C)c(C(=O)NNC(=O)C[C@@H]3CCS(=O)(=O)C3)c2C)cc1. The molecule has 1 aromatic heterocycles. The first kappa shape index (κ1) is 21.0. The van der Waals surface area contributed by atoms with Crippen LogP contribution in [0.15, 0.2) is 24.3 Å². The molecule has 1 saturated heterocycles. The fraction of sp³-hybridized carbons (Fsp3) is 0.450. The molecule has 8 nitrogen and oxygen atoms in total. The van der Waals surface area contributed by atoms with E-state index in [1.165, 1.54) is 5.56 Å². The summed E-state index contributed by atoms with van der Waals surface area (Å²) < 4.78 is 24.7. The minimum Gasteiger partial charge on any atom is -0.273 e. The van der Waals surface area contributed by atoms with Crippen molar-refractivity contribution in [2.75, 3.05) is 11.5 Å². The van der Waals surface area contributed by atoms with Crippen molar-refractivity contribution in [3.05, 3.63) is 52.3 Å². The van der Waals surface area contributed by atoms with Crippen molar-refractivity contribution in [3.8, 4) is 0 Å². The van der Waals surface area contributed by atoms with Crippen LogP contribution in [-0.4, -0.2) is 41.5 Å². The van der Waals surface area contributed by atoms with E-state index in [9.17, 15) is 18.0 Å². The standard InChI is InChI=1S/C20H26N4O4S/c1-13-4-6-16(7-5-13)11-24-15(3)19(14(2)23-24)20(26)22-21-18(25)10-17-8-9-29(27,28)12-17/h4-7,17H,8-12H2,1-3H3,(H,21,25)(H,22,26)/t17-/m0/s1. The molecule has 0 radical (unpaired) electrons. The van der Waals surface area contributed by atoms with Crippen LogP contribution in [-0.2, 0) is 21.2 Å². The Morgan fingerprint density at radius 3 is 2.45 bits per heavy atom. The summed E-state index contributed by atoms with van der Waals surface area (Å²) in [7, 11) is -3.03. The number of benzene rings is 1. The van der Waals surface area contributed by atoms with Gasteiger partial charge in [-0.1, -0.05) is 29.8 Å². The number of carbonyl (C=O) groups excluding carboxylic acids is 2. The molecular weight excluding hydrogens is 392 g/mol. The van der Waals surface area contributed by atoms with Crippen LogP contribution < -0.4 is 10.9 Å². The van der Waals surface area contributed by atoms with Crippen molar-refractivity contribution >= 4 is 21.7 Å². The molecule has 0 aliphatic carbocycles. The van der Waals surface area contributed by atoms with Crippen LogP contribution in [0.4, 0.5) is 0 Å². The molecule has 1 fully saturated rings. The van der Waals surface area contributed by atoms with E-state index < -0.39 is 21.7 Å². The van der Waals surface area contributed by atoms with Gasteiger partial charge in [0.15, 0.2) is 9.84 Å². The lowest BCUT2D eigenvalue weighted by atomic mass is 10.1. The first-order chi connectivity index (χ1) is 13.6. The monoisotopic (exact) mass is 418 g/mol. The Morgan fingerprint density at radius 1 is 1.14 bits per heavy atom. The van der Waals surface area contributed by atoms with Gasteiger partial charge >= 0.3 is 0 Å². The van der Waals surface area contributed by atoms with Gasteiger partial charge in [0.2, 0.25) is 5.91 Å². The molecule has 0 unspecified atom stereocenters. The van der Waals surface area contributed by atoms with E-state index in [-0.39, 0.29) is 23.8 Å². The average molecular weight is 419 g/mol. The topological polar surface area (TPSA) is 110 Å². The molecule has 0 spiro atoms. The molecule has 0 saturated carbocycles. The average Bonchev–Trinajstić information content (AvgIpc) is 3.13. The molecule has 1 atom stereocenters. The quantitative estimate of drug-likeness (QED) is 0.714. The summed E-state index contributed by atoms with van der Waals surface area (Å²) in [5, 5.41) is 4.45. The van der Waals surface area contributed by atoms with Gasteiger partial charge in [0.1, 0.15) is 0 Å². The minimum absolute atomic E-state index is 0.0262. The second-order valence-corrected chi connectivity index (χ2v) is 9.89. The highest BCUT2D eigenvalue weighted by Crippen LogP contribution is 2.21. The number of hydrogen-bond donors (Lipinski definition) is 2. The molecule has 3 rings (SSSR count). The third-order valence-corrected chi connectivity index (χ3v) is 7.01. The number of hydrogen-bond acceptors (Lipinski definition) is 5. The van der Waals surface area contributed by atoms with Crippen molar-refractivity contribution in [2.24, 2.45) is 5.92 Å². The molecule has 156 valence electrons. The second-order valence-electron chi connectivity index (χ2n) is 7.66. The fourth-order valence-corrected chi connectivity index (χ4v) is 5.44. The Morgan fingerprint density at radius 2 is 1.83 bits per heavy atom. The number of nitrogens with zero attached hydrogens (tertiary/aromatic N) is 2. The molecule has 1 aliphatic rings. The molecular formula is C20H26N4O4S. The summed E-state index contributed by atoms with van der Waals surface area (Å²) >= 11 is 0. The smallest absolute Gasteiger partial charge is 0.273 e. The first-order valence-electron chi connectivity index (χ1n) is 9.54. The van der Waals surface area contributed by atoms with Crippen molar-refractivity contribution in [3.63, 3.8) is 0 Å². The number of hydrazine groups is 1. The Bertz CT molecular complexity index is 1030. The van der Waals surface area contributed by atoms with Gasteiger partial charge in [-0.05, 0) is 38.7 Å². The molecule has 1 aromatic carbocycles. The number of carbonyl (C=O) groups is 2. The molecule has 29 heavy (non-hydrogen) atoms. The van der Waals surface area contributed by atoms with Crippen LogP contribution in [0, 0.1) is 26.7 Å². The van der Waals surface area contributed by atoms with Gasteiger partial charge in [-0.15, -0.1) is 0 Å². The van der Waals surface area contributed by atoms with Gasteiger partial charge in [0.25, 0.3) is 5.91 Å². The van der Waals surface area contributed by atoms with Gasteiger partial charge in [0, 0.05) is 12.1 Å². The van der Waals surface area contributed by atoms with Crippen molar-refractivity contribution < 1.29 is 18.0 Å². The van der Waals surface area contributed by atoms with Gasteiger partial charge in [0.05, 0.1) is 29.3 Å². The van der Waals surface area contributed by atoms with Crippen LogP contribution in [0.5, 0.6) is 0 Å². The molecule has 2 N–H and O–H groups in total. The van der Waals surface area contributed by atoms with Crippen LogP contribution in [0.1, 0.15) is 45.7 Å². The molecule has 2 aromatic rings. The van der Waals surface area contributed by atoms with Crippen LogP contribution in [0.2, 0.25) is 0 Å². The van der Waals surface area contributed by atoms with Gasteiger partial charge in [-0.3, -0.25) is 25.1 Å². The third kappa shape index (κ3) is 5.23. The molecule has 2 amide bonds. The summed E-state index contributed by atoms with van der Waals surface area (Å²) in [5.41, 5.74) is 8.75. The van der Waals surface area contributed by atoms with Crippen LogP contribution >= 0.6 is 0 Å². The zero-order valence-electron chi connectivity index (χ0n) is 16.9. The van der Waals surface area contributed by atoms with E-state index in [0.717, 1.165) is 5.56 Å². The van der Waals surface area contributed by atoms with E-state index in [1.54, 1.807) is 11.6 Å².